The number of hydrogen-bond donors (Lipinski definition) is 2. The molecule has 2 amide bonds. The number of aromatic nitrogens is 1. The molecule has 0 spiro atoms. The number of carbonyl (C=O) groups excluding carboxylic acids is 2. The normalized spacial score (nSPS) is 11.3. The van der Waals surface area contributed by atoms with Crippen LogP contribution in [0.15, 0.2) is 60.8 Å². The second kappa shape index (κ2) is 11.6. The molecule has 9 nitrogen and oxygen atoms in total. The topological polar surface area (TPSA) is 122 Å². The highest BCUT2D eigenvalue weighted by Crippen LogP contribution is 2.38. The second-order valence-electron chi connectivity index (χ2n) is 7.34. The fourth-order valence-electron chi connectivity index (χ4n) is 3.17. The number of hydrogen-bond acceptors (Lipinski definition) is 7. The van der Waals surface area contributed by atoms with E-state index in [0.717, 1.165) is 11.3 Å². The average molecular weight is 466 g/mol. The Morgan fingerprint density at radius 3 is 2.35 bits per heavy atom. The number of nitrogens with one attached hydrogen (secondary N) is 1. The van der Waals surface area contributed by atoms with Gasteiger partial charge in [0, 0.05) is 11.8 Å². The third kappa shape index (κ3) is 6.38. The van der Waals surface area contributed by atoms with Crippen molar-refractivity contribution in [2.24, 2.45) is 5.73 Å². The maximum Gasteiger partial charge on any atom is 0.255 e. The van der Waals surface area contributed by atoms with Crippen LogP contribution in [-0.2, 0) is 11.4 Å². The predicted octanol–water partition coefficient (Wildman–Crippen LogP) is 3.03. The van der Waals surface area contributed by atoms with Crippen LogP contribution in [0.2, 0.25) is 0 Å². The van der Waals surface area contributed by atoms with Crippen LogP contribution < -0.4 is 30.0 Å². The first-order valence-corrected chi connectivity index (χ1v) is 10.5. The molecule has 3 rings (SSSR count). The monoisotopic (exact) mass is 465 g/mol. The highest BCUT2D eigenvalue weighted by Gasteiger charge is 2.20. The SMILES string of the molecule is COc1cc(C(=O)NC(C)c2cccc(OCc3ccccn3)c2)cc(OC)c1OCC(N)=O. The Morgan fingerprint density at radius 1 is 1.00 bits per heavy atom. The molecule has 0 saturated carbocycles. The number of amides is 2. The summed E-state index contributed by atoms with van der Waals surface area (Å²) in [6.07, 6.45) is 1.72. The van der Waals surface area contributed by atoms with Crippen molar-refractivity contribution in [2.45, 2.75) is 19.6 Å². The van der Waals surface area contributed by atoms with Crippen molar-refractivity contribution in [3.63, 3.8) is 0 Å². The van der Waals surface area contributed by atoms with Crippen molar-refractivity contribution in [3.05, 3.63) is 77.6 Å². The number of nitrogens with zero attached hydrogens (tertiary/aromatic N) is 1. The van der Waals surface area contributed by atoms with Crippen LogP contribution in [0.1, 0.15) is 34.6 Å². The van der Waals surface area contributed by atoms with Crippen molar-refractivity contribution in [2.75, 3.05) is 20.8 Å². The van der Waals surface area contributed by atoms with Crippen molar-refractivity contribution in [1.82, 2.24) is 10.3 Å². The summed E-state index contributed by atoms with van der Waals surface area (Å²) in [7, 11) is 2.85. The Kier molecular flexibility index (Phi) is 8.28. The Morgan fingerprint density at radius 2 is 1.74 bits per heavy atom. The zero-order chi connectivity index (χ0) is 24.5. The fraction of sp³-hybridized carbons (Fsp3) is 0.240. The van der Waals surface area contributed by atoms with Crippen molar-refractivity contribution < 1.29 is 28.5 Å². The lowest BCUT2D eigenvalue weighted by Crippen LogP contribution is -2.27. The molecule has 3 aromatic rings. The van der Waals surface area contributed by atoms with E-state index in [0.29, 0.717) is 17.9 Å². The van der Waals surface area contributed by atoms with Gasteiger partial charge in [-0.15, -0.1) is 0 Å². The van der Waals surface area contributed by atoms with Gasteiger partial charge in [0.15, 0.2) is 18.1 Å². The number of methoxy groups -OCH3 is 2. The molecule has 2 aromatic carbocycles. The first kappa shape index (κ1) is 24.4. The Hall–Kier alpha value is -4.27. The van der Waals surface area contributed by atoms with E-state index in [-0.39, 0.29) is 35.8 Å². The zero-order valence-electron chi connectivity index (χ0n) is 19.2. The van der Waals surface area contributed by atoms with Crippen LogP contribution in [-0.4, -0.2) is 37.6 Å². The standard InChI is InChI=1S/C25H27N3O6/c1-16(17-7-6-9-20(11-17)33-14-19-8-4-5-10-27-19)28-25(30)18-12-21(31-2)24(22(13-18)32-3)34-15-23(26)29/h4-13,16H,14-15H2,1-3H3,(H2,26,29)(H,28,30). The summed E-state index contributed by atoms with van der Waals surface area (Å²) in [5, 5.41) is 2.95. The fourth-order valence-corrected chi connectivity index (χ4v) is 3.17. The summed E-state index contributed by atoms with van der Waals surface area (Å²) in [5.74, 6) is 0.345. The van der Waals surface area contributed by atoms with Gasteiger partial charge < -0.3 is 30.0 Å². The molecule has 0 fully saturated rings. The smallest absolute Gasteiger partial charge is 0.255 e. The average Bonchev–Trinajstić information content (AvgIpc) is 2.86. The van der Waals surface area contributed by atoms with Gasteiger partial charge in [-0.2, -0.15) is 0 Å². The maximum atomic E-state index is 13.0. The first-order valence-electron chi connectivity index (χ1n) is 10.5. The summed E-state index contributed by atoms with van der Waals surface area (Å²) in [6.45, 7) is 1.86. The van der Waals surface area contributed by atoms with Gasteiger partial charge in [0.05, 0.1) is 26.0 Å². The van der Waals surface area contributed by atoms with Gasteiger partial charge in [0.25, 0.3) is 11.8 Å². The highest BCUT2D eigenvalue weighted by molar-refractivity contribution is 5.96. The molecule has 1 atom stereocenters. The number of pyridine rings is 1. The minimum atomic E-state index is -0.647. The van der Waals surface area contributed by atoms with E-state index in [9.17, 15) is 9.59 Å². The van der Waals surface area contributed by atoms with Gasteiger partial charge >= 0.3 is 0 Å². The van der Waals surface area contributed by atoms with E-state index in [1.54, 1.807) is 6.20 Å². The summed E-state index contributed by atoms with van der Waals surface area (Å²) < 4.78 is 21.9. The van der Waals surface area contributed by atoms with Crippen molar-refractivity contribution >= 4 is 11.8 Å². The van der Waals surface area contributed by atoms with Gasteiger partial charge in [-0.05, 0) is 48.9 Å². The summed E-state index contributed by atoms with van der Waals surface area (Å²) in [6, 6.07) is 15.8. The van der Waals surface area contributed by atoms with Crippen LogP contribution in [0.3, 0.4) is 0 Å². The quantitative estimate of drug-likeness (QED) is 0.446. The number of benzene rings is 2. The molecule has 9 heteroatoms. The molecule has 0 saturated heterocycles. The molecule has 1 heterocycles. The number of ether oxygens (including phenoxy) is 4. The third-order valence-electron chi connectivity index (χ3n) is 4.90. The van der Waals surface area contributed by atoms with E-state index in [4.69, 9.17) is 24.7 Å². The number of rotatable bonds is 11. The largest absolute Gasteiger partial charge is 0.493 e. The van der Waals surface area contributed by atoms with E-state index in [1.807, 2.05) is 49.4 Å². The molecule has 0 aliphatic heterocycles. The summed E-state index contributed by atoms with van der Waals surface area (Å²) in [5.41, 5.74) is 7.14. The van der Waals surface area contributed by atoms with E-state index < -0.39 is 5.91 Å². The van der Waals surface area contributed by atoms with E-state index in [2.05, 4.69) is 10.3 Å². The molecule has 1 aromatic heterocycles. The van der Waals surface area contributed by atoms with Crippen LogP contribution in [0.25, 0.3) is 0 Å². The molecule has 0 bridgehead atoms. The minimum absolute atomic E-state index is 0.186. The van der Waals surface area contributed by atoms with Crippen LogP contribution in [0, 0.1) is 0 Å². The van der Waals surface area contributed by atoms with Crippen LogP contribution in [0.4, 0.5) is 0 Å². The van der Waals surface area contributed by atoms with E-state index >= 15 is 0 Å². The summed E-state index contributed by atoms with van der Waals surface area (Å²) in [4.78, 5) is 28.3. The molecule has 1 unspecified atom stereocenters. The first-order chi connectivity index (χ1) is 16.4. The predicted molar refractivity (Wildman–Crippen MR) is 125 cm³/mol. The Balaban J connectivity index is 1.72. The Labute approximate surface area is 197 Å². The molecule has 0 aliphatic rings. The van der Waals surface area contributed by atoms with E-state index in [1.165, 1.54) is 26.4 Å². The molecule has 178 valence electrons. The van der Waals surface area contributed by atoms with Crippen LogP contribution >= 0.6 is 0 Å². The number of primary amides is 1. The molecular weight excluding hydrogens is 438 g/mol. The van der Waals surface area contributed by atoms with Gasteiger partial charge in [-0.3, -0.25) is 14.6 Å². The molecule has 0 radical (unpaired) electrons. The lowest BCUT2D eigenvalue weighted by molar-refractivity contribution is -0.120. The molecular formula is C25H27N3O6. The van der Waals surface area contributed by atoms with Crippen molar-refractivity contribution in [1.29, 1.82) is 0 Å². The van der Waals surface area contributed by atoms with Gasteiger partial charge in [0.1, 0.15) is 12.4 Å². The van der Waals surface area contributed by atoms with Crippen molar-refractivity contribution in [3.8, 4) is 23.0 Å². The zero-order valence-corrected chi connectivity index (χ0v) is 19.2. The lowest BCUT2D eigenvalue weighted by atomic mass is 10.1. The molecule has 3 N–H and O–H groups in total. The van der Waals surface area contributed by atoms with Gasteiger partial charge in [-0.25, -0.2) is 0 Å². The minimum Gasteiger partial charge on any atom is -0.493 e. The van der Waals surface area contributed by atoms with Gasteiger partial charge in [0.2, 0.25) is 5.75 Å². The second-order valence-corrected chi connectivity index (χ2v) is 7.34. The molecule has 0 aliphatic carbocycles. The number of nitrogens with two attached hydrogens (primary N) is 1. The molecule has 34 heavy (non-hydrogen) atoms. The third-order valence-corrected chi connectivity index (χ3v) is 4.90. The highest BCUT2D eigenvalue weighted by atomic mass is 16.5. The summed E-state index contributed by atoms with van der Waals surface area (Å²) >= 11 is 0. The van der Waals surface area contributed by atoms with Crippen LogP contribution in [0.5, 0.6) is 23.0 Å². The maximum absolute atomic E-state index is 13.0. The Bertz CT molecular complexity index is 1110. The lowest BCUT2D eigenvalue weighted by Gasteiger charge is -2.18. The van der Waals surface area contributed by atoms with Gasteiger partial charge in [-0.1, -0.05) is 18.2 Å². The number of carbonyl (C=O) groups is 2.